The van der Waals surface area contributed by atoms with Crippen molar-refractivity contribution in [3.8, 4) is 17.4 Å². The Morgan fingerprint density at radius 3 is 2.38 bits per heavy atom. The summed E-state index contributed by atoms with van der Waals surface area (Å²) in [5, 5.41) is 0.174. The normalized spacial score (nSPS) is 11.8. The summed E-state index contributed by atoms with van der Waals surface area (Å²) in [6.07, 6.45) is 0.722. The summed E-state index contributed by atoms with van der Waals surface area (Å²) in [5.41, 5.74) is 0. The Morgan fingerprint density at radius 2 is 1.81 bits per heavy atom. The molecule has 0 spiro atoms. The Morgan fingerprint density at radius 1 is 1.19 bits per heavy atom. The molecular weight excluding hydrogens is 337 g/mol. The zero-order chi connectivity index (χ0) is 15.4. The molecule has 0 fully saturated rings. The molecule has 4 nitrogen and oxygen atoms in total. The van der Waals surface area contributed by atoms with Crippen molar-refractivity contribution < 1.29 is 14.3 Å². The molecule has 1 aromatic carbocycles. The van der Waals surface area contributed by atoms with Crippen LogP contribution in [0.5, 0.6) is 17.4 Å². The second kappa shape index (κ2) is 6.98. The summed E-state index contributed by atoms with van der Waals surface area (Å²) in [6, 6.07) is 8.16. The SMILES string of the molecule is C[C@@H](Oc1ccc(Oc2ncc(Cl)cc2Cl)cc1)C(=O)Cl. The van der Waals surface area contributed by atoms with Gasteiger partial charge in [-0.15, -0.1) is 0 Å². The Kier molecular flexibility index (Phi) is 5.28. The van der Waals surface area contributed by atoms with Crippen molar-refractivity contribution in [2.75, 3.05) is 0 Å². The molecule has 0 aliphatic rings. The lowest BCUT2D eigenvalue weighted by molar-refractivity contribution is -0.117. The van der Waals surface area contributed by atoms with Gasteiger partial charge >= 0.3 is 0 Å². The maximum atomic E-state index is 10.9. The lowest BCUT2D eigenvalue weighted by atomic mass is 10.3. The number of pyridine rings is 1. The van der Waals surface area contributed by atoms with Crippen LogP contribution in [0.3, 0.4) is 0 Å². The minimum atomic E-state index is -0.717. The molecule has 21 heavy (non-hydrogen) atoms. The van der Waals surface area contributed by atoms with Gasteiger partial charge in [-0.25, -0.2) is 4.98 Å². The summed E-state index contributed by atoms with van der Waals surface area (Å²) in [5.74, 6) is 1.27. The first-order valence-corrected chi connectivity index (χ1v) is 7.04. The van der Waals surface area contributed by atoms with E-state index in [1.54, 1.807) is 31.2 Å². The Bertz CT molecular complexity index is 646. The van der Waals surface area contributed by atoms with Crippen LogP contribution in [0.4, 0.5) is 0 Å². The summed E-state index contributed by atoms with van der Waals surface area (Å²) in [6.45, 7) is 1.57. The van der Waals surface area contributed by atoms with Crippen molar-refractivity contribution in [1.82, 2.24) is 4.98 Å². The Labute approximate surface area is 136 Å². The number of benzene rings is 1. The maximum Gasteiger partial charge on any atom is 0.262 e. The smallest absolute Gasteiger partial charge is 0.262 e. The maximum absolute atomic E-state index is 10.9. The van der Waals surface area contributed by atoms with Gasteiger partial charge in [0.1, 0.15) is 16.5 Å². The lowest BCUT2D eigenvalue weighted by Gasteiger charge is -2.11. The van der Waals surface area contributed by atoms with Gasteiger partial charge in [0.25, 0.3) is 5.24 Å². The standard InChI is InChI=1S/C14H10Cl3NO3/c1-8(13(17)19)20-10-2-4-11(5-3-10)21-14-12(16)6-9(15)7-18-14/h2-8H,1H3/t8-/m1/s1. The molecule has 110 valence electrons. The minimum Gasteiger partial charge on any atom is -0.482 e. The van der Waals surface area contributed by atoms with Crippen LogP contribution in [0.1, 0.15) is 6.92 Å². The average Bonchev–Trinajstić information content (AvgIpc) is 2.43. The first-order chi connectivity index (χ1) is 9.95. The number of halogens is 3. The summed E-state index contributed by atoms with van der Waals surface area (Å²) in [7, 11) is 0. The molecule has 0 amide bonds. The molecule has 1 atom stereocenters. The molecule has 1 heterocycles. The molecule has 0 N–H and O–H groups in total. The van der Waals surface area contributed by atoms with E-state index in [1.807, 2.05) is 0 Å². The van der Waals surface area contributed by atoms with Crippen LogP contribution >= 0.6 is 34.8 Å². The number of aromatic nitrogens is 1. The number of hydrogen-bond donors (Lipinski definition) is 0. The second-order valence-corrected chi connectivity index (χ2v) is 5.29. The van der Waals surface area contributed by atoms with Crippen molar-refractivity contribution >= 4 is 40.0 Å². The fourth-order valence-corrected chi connectivity index (χ4v) is 1.89. The molecule has 0 aliphatic heterocycles. The molecule has 0 bridgehead atoms. The minimum absolute atomic E-state index is 0.249. The topological polar surface area (TPSA) is 48.4 Å². The quantitative estimate of drug-likeness (QED) is 0.735. The third kappa shape index (κ3) is 4.49. The second-order valence-electron chi connectivity index (χ2n) is 4.08. The van der Waals surface area contributed by atoms with Gasteiger partial charge in [0.05, 0.1) is 5.02 Å². The van der Waals surface area contributed by atoms with Gasteiger partial charge in [0.2, 0.25) is 5.88 Å². The molecular formula is C14H10Cl3NO3. The van der Waals surface area contributed by atoms with E-state index in [4.69, 9.17) is 44.3 Å². The molecule has 2 rings (SSSR count). The van der Waals surface area contributed by atoms with Gasteiger partial charge in [-0.1, -0.05) is 23.2 Å². The van der Waals surface area contributed by atoms with Gasteiger partial charge in [-0.2, -0.15) is 0 Å². The van der Waals surface area contributed by atoms with Crippen molar-refractivity contribution in [1.29, 1.82) is 0 Å². The highest BCUT2D eigenvalue weighted by Crippen LogP contribution is 2.30. The van der Waals surface area contributed by atoms with Gasteiger partial charge in [-0.05, 0) is 48.9 Å². The van der Waals surface area contributed by atoms with Crippen molar-refractivity contribution in [2.45, 2.75) is 13.0 Å². The number of carbonyl (C=O) groups excluding carboxylic acids is 1. The third-order valence-corrected chi connectivity index (χ3v) is 3.23. The lowest BCUT2D eigenvalue weighted by Crippen LogP contribution is -2.18. The van der Waals surface area contributed by atoms with Crippen LogP contribution in [0.15, 0.2) is 36.5 Å². The van der Waals surface area contributed by atoms with Gasteiger partial charge < -0.3 is 9.47 Å². The fourth-order valence-electron chi connectivity index (χ4n) is 1.43. The highest BCUT2D eigenvalue weighted by molar-refractivity contribution is 6.64. The van der Waals surface area contributed by atoms with Crippen LogP contribution in [-0.2, 0) is 4.79 Å². The van der Waals surface area contributed by atoms with Gasteiger partial charge in [0.15, 0.2) is 6.10 Å². The van der Waals surface area contributed by atoms with E-state index in [9.17, 15) is 4.79 Å². The first-order valence-electron chi connectivity index (χ1n) is 5.90. The van der Waals surface area contributed by atoms with E-state index >= 15 is 0 Å². The number of ether oxygens (including phenoxy) is 2. The number of hydrogen-bond acceptors (Lipinski definition) is 4. The van der Waals surface area contributed by atoms with Gasteiger partial charge in [-0.3, -0.25) is 4.79 Å². The zero-order valence-corrected chi connectivity index (χ0v) is 13.1. The van der Waals surface area contributed by atoms with Crippen LogP contribution in [0.2, 0.25) is 10.0 Å². The molecule has 0 saturated carbocycles. The number of nitrogens with zero attached hydrogens (tertiary/aromatic N) is 1. The Balaban J connectivity index is 2.07. The molecule has 1 aromatic heterocycles. The van der Waals surface area contributed by atoms with Crippen LogP contribution in [0, 0.1) is 0 Å². The van der Waals surface area contributed by atoms with E-state index in [1.165, 1.54) is 12.3 Å². The van der Waals surface area contributed by atoms with Crippen LogP contribution in [-0.4, -0.2) is 16.3 Å². The summed E-state index contributed by atoms with van der Waals surface area (Å²) < 4.78 is 10.8. The van der Waals surface area contributed by atoms with E-state index in [0.29, 0.717) is 21.5 Å². The van der Waals surface area contributed by atoms with Crippen molar-refractivity contribution in [3.63, 3.8) is 0 Å². The van der Waals surface area contributed by atoms with Crippen LogP contribution < -0.4 is 9.47 Å². The largest absolute Gasteiger partial charge is 0.482 e. The predicted octanol–water partition coefficient (Wildman–Crippen LogP) is 4.71. The van der Waals surface area contributed by atoms with E-state index in [0.717, 1.165) is 0 Å². The molecule has 0 unspecified atom stereocenters. The van der Waals surface area contributed by atoms with E-state index in [-0.39, 0.29) is 5.88 Å². The monoisotopic (exact) mass is 345 g/mol. The predicted molar refractivity (Wildman–Crippen MR) is 81.7 cm³/mol. The highest BCUT2D eigenvalue weighted by Gasteiger charge is 2.11. The van der Waals surface area contributed by atoms with E-state index < -0.39 is 11.3 Å². The molecule has 0 aliphatic carbocycles. The third-order valence-electron chi connectivity index (χ3n) is 2.44. The Hall–Kier alpha value is -1.49. The number of carbonyl (C=O) groups is 1. The molecule has 0 saturated heterocycles. The van der Waals surface area contributed by atoms with Crippen molar-refractivity contribution in [2.24, 2.45) is 0 Å². The highest BCUT2D eigenvalue weighted by atomic mass is 35.5. The summed E-state index contributed by atoms with van der Waals surface area (Å²) in [4.78, 5) is 14.9. The molecule has 0 radical (unpaired) electrons. The van der Waals surface area contributed by atoms with E-state index in [2.05, 4.69) is 4.98 Å². The van der Waals surface area contributed by atoms with Gasteiger partial charge in [0, 0.05) is 6.20 Å². The first kappa shape index (κ1) is 15.9. The fraction of sp³-hybridized carbons (Fsp3) is 0.143. The zero-order valence-electron chi connectivity index (χ0n) is 10.8. The average molecular weight is 347 g/mol. The number of rotatable bonds is 5. The van der Waals surface area contributed by atoms with Crippen LogP contribution in [0.25, 0.3) is 0 Å². The summed E-state index contributed by atoms with van der Waals surface area (Å²) >= 11 is 17.0. The van der Waals surface area contributed by atoms with Crippen molar-refractivity contribution in [3.05, 3.63) is 46.6 Å². The molecule has 2 aromatic rings. The molecule has 7 heteroatoms.